The van der Waals surface area contributed by atoms with Gasteiger partial charge in [0.05, 0.1) is 18.1 Å². The summed E-state index contributed by atoms with van der Waals surface area (Å²) in [6, 6.07) is 16.1. The van der Waals surface area contributed by atoms with Crippen molar-refractivity contribution in [1.29, 1.82) is 0 Å². The van der Waals surface area contributed by atoms with Crippen LogP contribution in [0.2, 0.25) is 5.02 Å². The number of ether oxygens (including phenoxy) is 1. The molecule has 1 aliphatic rings. The molecule has 3 aromatic rings. The fourth-order valence-corrected chi connectivity index (χ4v) is 5.42. The molecule has 1 saturated heterocycles. The van der Waals surface area contributed by atoms with Gasteiger partial charge < -0.3 is 15.2 Å². The Morgan fingerprint density at radius 1 is 1.10 bits per heavy atom. The maximum absolute atomic E-state index is 13.4. The number of halogens is 3. The highest BCUT2D eigenvalue weighted by molar-refractivity contribution is 6.32. The van der Waals surface area contributed by atoms with Crippen LogP contribution < -0.4 is 10.1 Å². The van der Waals surface area contributed by atoms with Crippen molar-refractivity contribution in [3.8, 4) is 16.9 Å². The normalized spacial score (nSPS) is 15.1. The number of aryl methyl sites for hydroxylation is 1. The smallest absolute Gasteiger partial charge is 0.317 e. The number of nitrogens with one attached hydrogen (secondary N) is 1. The molecule has 3 aromatic carbocycles. The number of hydrogen-bond donors (Lipinski definition) is 2. The first-order valence-corrected chi connectivity index (χ1v) is 14.2. The van der Waals surface area contributed by atoms with Crippen molar-refractivity contribution < 1.29 is 23.4 Å². The number of likely N-dealkylation sites (tertiary alicyclic amines) is 1. The second-order valence-electron chi connectivity index (χ2n) is 10.7. The number of aliphatic carboxylic acids is 1. The van der Waals surface area contributed by atoms with E-state index in [1.165, 1.54) is 0 Å². The number of rotatable bonds is 12. The van der Waals surface area contributed by atoms with Gasteiger partial charge in [-0.2, -0.15) is 0 Å². The summed E-state index contributed by atoms with van der Waals surface area (Å²) in [6.45, 7) is 7.73. The number of alkyl halides is 2. The summed E-state index contributed by atoms with van der Waals surface area (Å²) in [4.78, 5) is 12.6. The van der Waals surface area contributed by atoms with Gasteiger partial charge in [0.15, 0.2) is 0 Å². The van der Waals surface area contributed by atoms with E-state index in [-0.39, 0.29) is 19.5 Å². The molecule has 218 valence electrons. The van der Waals surface area contributed by atoms with Gasteiger partial charge >= 0.3 is 5.97 Å². The molecule has 0 bridgehead atoms. The average Bonchev–Trinajstić information content (AvgIpc) is 3.27. The monoisotopic (exact) mass is 582 g/mol. The molecule has 0 radical (unpaired) electrons. The summed E-state index contributed by atoms with van der Waals surface area (Å²) in [5.41, 5.74) is 8.58. The fraction of sp³-hybridized carbons (Fsp3) is 0.364. The molecule has 0 spiro atoms. The number of hydrogen-bond acceptors (Lipinski definition) is 4. The minimum absolute atomic E-state index is 0.0474. The van der Waals surface area contributed by atoms with Gasteiger partial charge in [0.2, 0.25) is 0 Å². The number of benzene rings is 3. The van der Waals surface area contributed by atoms with Gasteiger partial charge in [-0.25, -0.2) is 8.78 Å². The SMILES string of the molecule is Cc1cc(OCc2cccc(-c3cccc(/C=C/CCN4CCC(F)(F)C4)c3C)c2C)c(Cl)cc1CNCC(=O)O. The van der Waals surface area contributed by atoms with Crippen molar-refractivity contribution >= 4 is 23.6 Å². The molecule has 5 nitrogen and oxygen atoms in total. The third-order valence-corrected chi connectivity index (χ3v) is 7.93. The molecular formula is C33H37ClF2N2O3. The van der Waals surface area contributed by atoms with Crippen molar-refractivity contribution in [1.82, 2.24) is 10.2 Å². The molecule has 0 unspecified atom stereocenters. The lowest BCUT2D eigenvalue weighted by molar-refractivity contribution is -0.136. The van der Waals surface area contributed by atoms with Gasteiger partial charge in [0.1, 0.15) is 12.4 Å². The first-order chi connectivity index (χ1) is 19.5. The summed E-state index contributed by atoms with van der Waals surface area (Å²) in [5.74, 6) is -2.88. The van der Waals surface area contributed by atoms with Crippen LogP contribution in [0.1, 0.15) is 46.2 Å². The van der Waals surface area contributed by atoms with Gasteiger partial charge in [0, 0.05) is 26.1 Å². The second kappa shape index (κ2) is 13.6. The second-order valence-corrected chi connectivity index (χ2v) is 11.1. The van der Waals surface area contributed by atoms with Crippen LogP contribution in [0, 0.1) is 20.8 Å². The van der Waals surface area contributed by atoms with E-state index in [0.29, 0.717) is 37.0 Å². The van der Waals surface area contributed by atoms with Crippen LogP contribution in [0.4, 0.5) is 8.78 Å². The maximum atomic E-state index is 13.4. The average molecular weight is 583 g/mol. The summed E-state index contributed by atoms with van der Waals surface area (Å²) in [7, 11) is 0. The lowest BCUT2D eigenvalue weighted by Gasteiger charge is -2.17. The van der Waals surface area contributed by atoms with Crippen LogP contribution in [-0.4, -0.2) is 48.1 Å². The van der Waals surface area contributed by atoms with Gasteiger partial charge in [-0.05, 0) is 83.8 Å². The van der Waals surface area contributed by atoms with Gasteiger partial charge in [-0.1, -0.05) is 60.2 Å². The van der Waals surface area contributed by atoms with Crippen LogP contribution in [0.3, 0.4) is 0 Å². The standard InChI is InChI=1S/C33H37ClF2N2O3/c1-22-16-31(30(34)17-27(22)18-37-19-32(39)40)41-20-26-10-7-12-29(24(26)3)28-11-6-9-25(23(28)2)8-4-5-14-38-15-13-33(35,36)21-38/h4,6-12,16-17,37H,5,13-15,18-21H2,1-3H3,(H,39,40)/b8-4+. The molecule has 1 heterocycles. The molecule has 41 heavy (non-hydrogen) atoms. The summed E-state index contributed by atoms with van der Waals surface area (Å²) in [6.07, 6.45) is 4.83. The summed E-state index contributed by atoms with van der Waals surface area (Å²) < 4.78 is 33.0. The molecule has 0 amide bonds. The molecule has 8 heteroatoms. The van der Waals surface area contributed by atoms with E-state index in [4.69, 9.17) is 21.4 Å². The third kappa shape index (κ3) is 8.15. The summed E-state index contributed by atoms with van der Waals surface area (Å²) >= 11 is 6.50. The Morgan fingerprint density at radius 2 is 1.83 bits per heavy atom. The Morgan fingerprint density at radius 3 is 2.54 bits per heavy atom. The van der Waals surface area contributed by atoms with E-state index in [1.807, 2.05) is 42.2 Å². The van der Waals surface area contributed by atoms with Crippen LogP contribution in [0.15, 0.2) is 54.6 Å². The van der Waals surface area contributed by atoms with Crippen molar-refractivity contribution in [3.05, 3.63) is 93.0 Å². The Bertz CT molecular complexity index is 1420. The first kappa shape index (κ1) is 30.7. The minimum Gasteiger partial charge on any atom is -0.487 e. The van der Waals surface area contributed by atoms with Gasteiger partial charge in [0.25, 0.3) is 5.92 Å². The van der Waals surface area contributed by atoms with Crippen LogP contribution in [0.5, 0.6) is 5.75 Å². The van der Waals surface area contributed by atoms with E-state index in [9.17, 15) is 13.6 Å². The maximum Gasteiger partial charge on any atom is 0.317 e. The molecule has 2 N–H and O–H groups in total. The van der Waals surface area contributed by atoms with E-state index in [0.717, 1.165) is 50.9 Å². The molecule has 0 aliphatic carbocycles. The summed E-state index contributed by atoms with van der Waals surface area (Å²) in [5, 5.41) is 12.2. The Labute approximate surface area is 245 Å². The number of carboxylic acid groups (broad SMARTS) is 1. The third-order valence-electron chi connectivity index (χ3n) is 7.64. The predicted molar refractivity (Wildman–Crippen MR) is 161 cm³/mol. The Hall–Kier alpha value is -3.26. The number of carbonyl (C=O) groups is 1. The van der Waals surface area contributed by atoms with Crippen molar-refractivity contribution in [2.75, 3.05) is 26.2 Å². The molecule has 0 aromatic heterocycles. The zero-order chi connectivity index (χ0) is 29.6. The Kier molecular flexibility index (Phi) is 10.2. The zero-order valence-corrected chi connectivity index (χ0v) is 24.5. The Balaban J connectivity index is 1.43. The number of carboxylic acids is 1. The molecule has 1 aliphatic heterocycles. The van der Waals surface area contributed by atoms with Crippen LogP contribution in [-0.2, 0) is 17.9 Å². The number of nitrogens with zero attached hydrogens (tertiary/aromatic N) is 1. The van der Waals surface area contributed by atoms with Crippen LogP contribution in [0.25, 0.3) is 17.2 Å². The van der Waals surface area contributed by atoms with E-state index in [2.05, 4.69) is 49.5 Å². The van der Waals surface area contributed by atoms with E-state index in [1.54, 1.807) is 0 Å². The molecule has 4 rings (SSSR count). The van der Waals surface area contributed by atoms with Crippen molar-refractivity contribution in [3.63, 3.8) is 0 Å². The predicted octanol–water partition coefficient (Wildman–Crippen LogP) is 7.43. The van der Waals surface area contributed by atoms with Gasteiger partial charge in [-0.3, -0.25) is 9.69 Å². The van der Waals surface area contributed by atoms with E-state index < -0.39 is 11.9 Å². The van der Waals surface area contributed by atoms with Gasteiger partial charge in [-0.15, -0.1) is 0 Å². The fourth-order valence-electron chi connectivity index (χ4n) is 5.18. The highest BCUT2D eigenvalue weighted by atomic mass is 35.5. The first-order valence-electron chi connectivity index (χ1n) is 13.8. The van der Waals surface area contributed by atoms with E-state index >= 15 is 0 Å². The van der Waals surface area contributed by atoms with Crippen molar-refractivity contribution in [2.45, 2.75) is 52.7 Å². The lowest BCUT2D eigenvalue weighted by atomic mass is 9.91. The van der Waals surface area contributed by atoms with Crippen LogP contribution >= 0.6 is 11.6 Å². The largest absolute Gasteiger partial charge is 0.487 e. The topological polar surface area (TPSA) is 61.8 Å². The molecule has 1 fully saturated rings. The quantitative estimate of drug-likeness (QED) is 0.232. The van der Waals surface area contributed by atoms with Crippen molar-refractivity contribution in [2.24, 2.45) is 0 Å². The highest BCUT2D eigenvalue weighted by Gasteiger charge is 2.37. The molecular weight excluding hydrogens is 546 g/mol. The molecule has 0 atom stereocenters. The zero-order valence-electron chi connectivity index (χ0n) is 23.8. The minimum atomic E-state index is -2.55. The molecule has 0 saturated carbocycles. The lowest BCUT2D eigenvalue weighted by Crippen LogP contribution is -2.25. The highest BCUT2D eigenvalue weighted by Crippen LogP contribution is 2.33.